The van der Waals surface area contributed by atoms with Crippen molar-refractivity contribution < 1.29 is 31.4 Å². The van der Waals surface area contributed by atoms with E-state index >= 15 is 0 Å². The molecule has 4 heteroatoms. The van der Waals surface area contributed by atoms with Gasteiger partial charge in [-0.1, -0.05) is 27.7 Å². The predicted octanol–water partition coefficient (Wildman–Crippen LogP) is 2.47. The largest absolute Gasteiger partial charge is 0.509 e. The van der Waals surface area contributed by atoms with Gasteiger partial charge in [0, 0.05) is 35.4 Å². The van der Waals surface area contributed by atoms with Crippen LogP contribution >= 0.6 is 0 Å². The number of ketones is 1. The third-order valence-electron chi connectivity index (χ3n) is 2.00. The Bertz CT molecular complexity index is 224. The van der Waals surface area contributed by atoms with E-state index in [9.17, 15) is 9.90 Å². The van der Waals surface area contributed by atoms with E-state index in [1.54, 1.807) is 0 Å². The molecule has 0 aliphatic heterocycles. The van der Waals surface area contributed by atoms with Crippen LogP contribution in [0.15, 0.2) is 11.8 Å². The minimum absolute atomic E-state index is 0. The molecule has 15 heavy (non-hydrogen) atoms. The Morgan fingerprint density at radius 3 is 2.20 bits per heavy atom. The van der Waals surface area contributed by atoms with Gasteiger partial charge in [-0.15, -0.1) is 0 Å². The summed E-state index contributed by atoms with van der Waals surface area (Å²) in [6.45, 7) is 7.33. The van der Waals surface area contributed by atoms with Crippen LogP contribution in [-0.2, 0) is 26.3 Å². The molecular formula is C11H20CoO3. The summed E-state index contributed by atoms with van der Waals surface area (Å²) in [5.41, 5.74) is -0.458. The fraction of sp³-hybridized carbons (Fsp3) is 0.727. The molecule has 0 spiro atoms. The van der Waals surface area contributed by atoms with Gasteiger partial charge >= 0.3 is 0 Å². The summed E-state index contributed by atoms with van der Waals surface area (Å²) in [6.07, 6.45) is 1.54. The summed E-state index contributed by atoms with van der Waals surface area (Å²) >= 11 is 0. The minimum Gasteiger partial charge on any atom is -0.509 e. The standard InChI is InChI=1S/C11H20O3.Co/c1-6-9(14-5)8(12)7-10(13)11(2,3)4;/h7,9,12H,6H2,1-5H3;/b8-7-;. The van der Waals surface area contributed by atoms with Crippen molar-refractivity contribution in [1.82, 2.24) is 0 Å². The van der Waals surface area contributed by atoms with Gasteiger partial charge in [0.15, 0.2) is 5.78 Å². The number of rotatable bonds is 4. The number of carbonyl (C=O) groups excluding carboxylic acids is 1. The maximum absolute atomic E-state index is 11.5. The van der Waals surface area contributed by atoms with Gasteiger partial charge in [0.2, 0.25) is 0 Å². The zero-order valence-corrected chi connectivity index (χ0v) is 11.0. The summed E-state index contributed by atoms with van der Waals surface area (Å²) in [6, 6.07) is 0. The van der Waals surface area contributed by atoms with Crippen LogP contribution in [0.3, 0.4) is 0 Å². The second kappa shape index (κ2) is 7.03. The van der Waals surface area contributed by atoms with Gasteiger partial charge in [0.25, 0.3) is 0 Å². The quantitative estimate of drug-likeness (QED) is 0.623. The van der Waals surface area contributed by atoms with Crippen LogP contribution < -0.4 is 0 Å². The Balaban J connectivity index is 0. The topological polar surface area (TPSA) is 46.5 Å². The van der Waals surface area contributed by atoms with E-state index in [1.807, 2.05) is 27.7 Å². The van der Waals surface area contributed by atoms with Crippen molar-refractivity contribution in [3.8, 4) is 0 Å². The first-order valence-electron chi connectivity index (χ1n) is 4.80. The number of carbonyl (C=O) groups is 1. The third-order valence-corrected chi connectivity index (χ3v) is 2.00. The summed E-state index contributed by atoms with van der Waals surface area (Å²) in [4.78, 5) is 11.5. The first-order chi connectivity index (χ1) is 6.32. The Morgan fingerprint density at radius 1 is 1.47 bits per heavy atom. The van der Waals surface area contributed by atoms with Crippen molar-refractivity contribution >= 4 is 5.78 Å². The summed E-state index contributed by atoms with van der Waals surface area (Å²) < 4.78 is 5.00. The zero-order valence-electron chi connectivity index (χ0n) is 9.96. The van der Waals surface area contributed by atoms with Crippen molar-refractivity contribution in [2.45, 2.75) is 40.2 Å². The van der Waals surface area contributed by atoms with E-state index in [4.69, 9.17) is 4.74 Å². The van der Waals surface area contributed by atoms with Crippen LogP contribution in [0.4, 0.5) is 0 Å². The molecule has 0 heterocycles. The molecule has 1 N–H and O–H groups in total. The predicted molar refractivity (Wildman–Crippen MR) is 56.3 cm³/mol. The Morgan fingerprint density at radius 2 is 1.93 bits per heavy atom. The van der Waals surface area contributed by atoms with Crippen LogP contribution in [0.25, 0.3) is 0 Å². The molecule has 0 aliphatic carbocycles. The summed E-state index contributed by atoms with van der Waals surface area (Å²) in [5, 5.41) is 9.56. The SMILES string of the molecule is CCC(OC)/C(O)=C/C(=O)C(C)(C)C.[Co]. The van der Waals surface area contributed by atoms with Crippen molar-refractivity contribution in [3.63, 3.8) is 0 Å². The maximum Gasteiger partial charge on any atom is 0.164 e. The molecule has 0 rings (SSSR count). The maximum atomic E-state index is 11.5. The Hall–Kier alpha value is -0.324. The van der Waals surface area contributed by atoms with Gasteiger partial charge in [-0.25, -0.2) is 0 Å². The van der Waals surface area contributed by atoms with Gasteiger partial charge < -0.3 is 9.84 Å². The van der Waals surface area contributed by atoms with Crippen molar-refractivity contribution in [1.29, 1.82) is 0 Å². The second-order valence-corrected chi connectivity index (χ2v) is 4.32. The van der Waals surface area contributed by atoms with Crippen LogP contribution in [-0.4, -0.2) is 24.1 Å². The molecule has 1 radical (unpaired) electrons. The molecule has 0 saturated carbocycles. The van der Waals surface area contributed by atoms with Crippen LogP contribution in [0.2, 0.25) is 0 Å². The van der Waals surface area contributed by atoms with Gasteiger partial charge in [-0.3, -0.25) is 4.79 Å². The fourth-order valence-electron chi connectivity index (χ4n) is 0.940. The number of aliphatic hydroxyl groups excluding tert-OH is 1. The first-order valence-corrected chi connectivity index (χ1v) is 4.80. The molecule has 1 atom stereocenters. The van der Waals surface area contributed by atoms with E-state index in [-0.39, 0.29) is 34.4 Å². The monoisotopic (exact) mass is 259 g/mol. The van der Waals surface area contributed by atoms with Crippen LogP contribution in [0, 0.1) is 5.41 Å². The molecule has 0 aromatic rings. The molecule has 1 unspecified atom stereocenters. The number of hydrogen-bond donors (Lipinski definition) is 1. The number of aliphatic hydroxyl groups is 1. The van der Waals surface area contributed by atoms with E-state index in [0.29, 0.717) is 6.42 Å². The molecule has 0 aromatic heterocycles. The number of hydrogen-bond acceptors (Lipinski definition) is 3. The summed E-state index contributed by atoms with van der Waals surface area (Å²) in [5.74, 6) is -0.0829. The van der Waals surface area contributed by atoms with Crippen molar-refractivity contribution in [2.24, 2.45) is 5.41 Å². The Kier molecular flexibility index (Phi) is 8.01. The van der Waals surface area contributed by atoms with Gasteiger partial charge in [-0.2, -0.15) is 0 Å². The minimum atomic E-state index is -0.458. The normalized spacial score (nSPS) is 14.3. The van der Waals surface area contributed by atoms with Gasteiger partial charge in [0.05, 0.1) is 0 Å². The molecule has 0 aromatic carbocycles. The average molecular weight is 259 g/mol. The fourth-order valence-corrected chi connectivity index (χ4v) is 0.940. The number of methoxy groups -OCH3 is 1. The van der Waals surface area contributed by atoms with Crippen LogP contribution in [0.1, 0.15) is 34.1 Å². The molecule has 91 valence electrons. The van der Waals surface area contributed by atoms with Crippen molar-refractivity contribution in [2.75, 3.05) is 7.11 Å². The summed E-state index contributed by atoms with van der Waals surface area (Å²) in [7, 11) is 1.51. The van der Waals surface area contributed by atoms with Crippen molar-refractivity contribution in [3.05, 3.63) is 11.8 Å². The van der Waals surface area contributed by atoms with Gasteiger partial charge in [0.1, 0.15) is 11.9 Å². The average Bonchev–Trinajstić information content (AvgIpc) is 2.04. The molecule has 0 bridgehead atoms. The molecule has 0 fully saturated rings. The van der Waals surface area contributed by atoms with E-state index in [2.05, 4.69) is 0 Å². The van der Waals surface area contributed by atoms with Crippen LogP contribution in [0.5, 0.6) is 0 Å². The Labute approximate surface area is 102 Å². The number of allylic oxidation sites excluding steroid dienone is 1. The van der Waals surface area contributed by atoms with E-state index in [0.717, 1.165) is 0 Å². The van der Waals surface area contributed by atoms with Gasteiger partial charge in [-0.05, 0) is 6.42 Å². The number of ether oxygens (including phenoxy) is 1. The molecule has 0 amide bonds. The smallest absolute Gasteiger partial charge is 0.164 e. The van der Waals surface area contributed by atoms with E-state index in [1.165, 1.54) is 13.2 Å². The molecule has 3 nitrogen and oxygen atoms in total. The zero-order chi connectivity index (χ0) is 11.4. The molecule has 0 aliphatic rings. The van der Waals surface area contributed by atoms with E-state index < -0.39 is 5.41 Å². The molecular weight excluding hydrogens is 239 g/mol. The molecule has 0 saturated heterocycles. The third kappa shape index (κ3) is 5.97. The first kappa shape index (κ1) is 17.1. The second-order valence-electron chi connectivity index (χ2n) is 4.32.